The summed E-state index contributed by atoms with van der Waals surface area (Å²) in [4.78, 5) is 10.4. The van der Waals surface area contributed by atoms with Crippen LogP contribution >= 0.6 is 0 Å². The summed E-state index contributed by atoms with van der Waals surface area (Å²) < 4.78 is 0. The molecule has 1 N–H and O–H groups in total. The molecular formula is C26H50O2. The molecule has 0 aliphatic heterocycles. The van der Waals surface area contributed by atoms with Crippen LogP contribution in [0.5, 0.6) is 0 Å². The van der Waals surface area contributed by atoms with Gasteiger partial charge in [0.15, 0.2) is 0 Å². The van der Waals surface area contributed by atoms with Crippen molar-refractivity contribution >= 4 is 5.97 Å². The van der Waals surface area contributed by atoms with Gasteiger partial charge < -0.3 is 5.11 Å². The Balaban J connectivity index is 3.15. The molecule has 0 bridgehead atoms. The number of unbranched alkanes of at least 4 members (excludes halogenated alkanes) is 14. The molecule has 2 heteroatoms. The van der Waals surface area contributed by atoms with Crippen molar-refractivity contribution in [3.05, 3.63) is 12.2 Å². The van der Waals surface area contributed by atoms with E-state index in [0.29, 0.717) is 6.42 Å². The van der Waals surface area contributed by atoms with Gasteiger partial charge in [-0.1, -0.05) is 122 Å². The third-order valence-corrected chi connectivity index (χ3v) is 5.80. The van der Waals surface area contributed by atoms with Crippen LogP contribution in [0.4, 0.5) is 0 Å². The van der Waals surface area contributed by atoms with Crippen LogP contribution in [-0.4, -0.2) is 11.1 Å². The molecule has 0 saturated carbocycles. The lowest BCUT2D eigenvalue weighted by molar-refractivity contribution is -0.137. The highest BCUT2D eigenvalue weighted by Crippen LogP contribution is 2.18. The molecule has 28 heavy (non-hydrogen) atoms. The summed E-state index contributed by atoms with van der Waals surface area (Å²) in [7, 11) is 0. The van der Waals surface area contributed by atoms with Crippen LogP contribution in [0.1, 0.15) is 142 Å². The third-order valence-electron chi connectivity index (χ3n) is 5.80. The Morgan fingerprint density at radius 1 is 0.679 bits per heavy atom. The zero-order chi connectivity index (χ0) is 20.7. The summed E-state index contributed by atoms with van der Waals surface area (Å²) in [6.07, 6.45) is 30.0. The maximum atomic E-state index is 10.4. The van der Waals surface area contributed by atoms with Crippen LogP contribution in [0, 0.1) is 5.92 Å². The first-order valence-corrected chi connectivity index (χ1v) is 12.5. The fourth-order valence-corrected chi connectivity index (χ4v) is 3.84. The predicted molar refractivity (Wildman–Crippen MR) is 124 cm³/mol. The summed E-state index contributed by atoms with van der Waals surface area (Å²) in [5.74, 6) is 0.257. The summed E-state index contributed by atoms with van der Waals surface area (Å²) in [5.41, 5.74) is 0. The van der Waals surface area contributed by atoms with Crippen molar-refractivity contribution in [2.45, 2.75) is 142 Å². The van der Waals surface area contributed by atoms with E-state index in [1.54, 1.807) is 0 Å². The van der Waals surface area contributed by atoms with Crippen molar-refractivity contribution in [3.8, 4) is 0 Å². The molecule has 0 aliphatic carbocycles. The minimum atomic E-state index is -0.684. The van der Waals surface area contributed by atoms with E-state index in [1.807, 2.05) is 0 Å². The van der Waals surface area contributed by atoms with E-state index in [9.17, 15) is 4.79 Å². The smallest absolute Gasteiger partial charge is 0.303 e. The number of carboxylic acid groups (broad SMARTS) is 1. The van der Waals surface area contributed by atoms with Gasteiger partial charge in [-0.15, -0.1) is 0 Å². The molecule has 0 aliphatic rings. The molecule has 0 radical (unpaired) electrons. The van der Waals surface area contributed by atoms with Crippen molar-refractivity contribution in [1.82, 2.24) is 0 Å². The Hall–Kier alpha value is -0.790. The number of hydrogen-bond acceptors (Lipinski definition) is 1. The van der Waals surface area contributed by atoms with E-state index in [1.165, 1.54) is 103 Å². The molecule has 0 saturated heterocycles. The standard InChI is InChI=1S/C26H50O2/c1-3-4-5-19-22-25(2)23-20-17-15-13-11-9-7-6-8-10-12-14-16-18-21-24-26(27)28/h14,16,25H,3-13,15,17-24H2,1-2H3,(H,27,28)/b16-14-. The summed E-state index contributed by atoms with van der Waals surface area (Å²) in [6.45, 7) is 4.74. The molecule has 2 nitrogen and oxygen atoms in total. The maximum absolute atomic E-state index is 10.4. The molecular weight excluding hydrogens is 344 g/mol. The van der Waals surface area contributed by atoms with Crippen molar-refractivity contribution in [2.24, 2.45) is 5.92 Å². The Bertz CT molecular complexity index is 348. The van der Waals surface area contributed by atoms with E-state index >= 15 is 0 Å². The third kappa shape index (κ3) is 23.2. The van der Waals surface area contributed by atoms with Gasteiger partial charge in [0.1, 0.15) is 0 Å². The average Bonchev–Trinajstić information content (AvgIpc) is 2.67. The predicted octanol–water partition coefficient (Wildman–Crippen LogP) is 9.09. The SMILES string of the molecule is CCCCCCC(C)CCCCCCCCCCCC/C=C\CCCC(=O)O. The van der Waals surface area contributed by atoms with Gasteiger partial charge in [0.25, 0.3) is 0 Å². The van der Waals surface area contributed by atoms with Crippen molar-refractivity contribution in [2.75, 3.05) is 0 Å². The van der Waals surface area contributed by atoms with E-state index < -0.39 is 5.97 Å². The molecule has 0 rings (SSSR count). The van der Waals surface area contributed by atoms with Gasteiger partial charge in [0, 0.05) is 6.42 Å². The Morgan fingerprint density at radius 3 is 1.61 bits per heavy atom. The molecule has 0 amide bonds. The molecule has 0 aromatic carbocycles. The second kappa shape index (κ2) is 22.5. The second-order valence-corrected chi connectivity index (χ2v) is 8.82. The van der Waals surface area contributed by atoms with Gasteiger partial charge in [0.05, 0.1) is 0 Å². The first-order valence-electron chi connectivity index (χ1n) is 12.5. The lowest BCUT2D eigenvalue weighted by Crippen LogP contribution is -1.95. The van der Waals surface area contributed by atoms with Crippen LogP contribution in [0.2, 0.25) is 0 Å². The quantitative estimate of drug-likeness (QED) is 0.147. The fourth-order valence-electron chi connectivity index (χ4n) is 3.84. The lowest BCUT2D eigenvalue weighted by Gasteiger charge is -2.10. The summed E-state index contributed by atoms with van der Waals surface area (Å²) in [6, 6.07) is 0. The van der Waals surface area contributed by atoms with E-state index in [0.717, 1.165) is 25.2 Å². The van der Waals surface area contributed by atoms with Gasteiger partial charge in [-0.05, 0) is 31.6 Å². The number of allylic oxidation sites excluding steroid dienone is 2. The molecule has 0 aromatic heterocycles. The van der Waals surface area contributed by atoms with Crippen molar-refractivity contribution < 1.29 is 9.90 Å². The number of hydrogen-bond donors (Lipinski definition) is 1. The first-order chi connectivity index (χ1) is 13.7. The molecule has 166 valence electrons. The normalized spacial score (nSPS) is 12.6. The summed E-state index contributed by atoms with van der Waals surface area (Å²) in [5, 5.41) is 8.56. The topological polar surface area (TPSA) is 37.3 Å². The number of carboxylic acids is 1. The highest BCUT2D eigenvalue weighted by Gasteiger charge is 2.02. The van der Waals surface area contributed by atoms with Gasteiger partial charge in [-0.2, -0.15) is 0 Å². The summed E-state index contributed by atoms with van der Waals surface area (Å²) >= 11 is 0. The molecule has 0 spiro atoms. The molecule has 0 fully saturated rings. The van der Waals surface area contributed by atoms with Crippen molar-refractivity contribution in [1.29, 1.82) is 0 Å². The number of aliphatic carboxylic acids is 1. The van der Waals surface area contributed by atoms with Crippen LogP contribution in [0.3, 0.4) is 0 Å². The first kappa shape index (κ1) is 27.2. The van der Waals surface area contributed by atoms with Gasteiger partial charge in [-0.25, -0.2) is 0 Å². The Kier molecular flexibility index (Phi) is 21.9. The molecule has 1 unspecified atom stereocenters. The van der Waals surface area contributed by atoms with E-state index in [-0.39, 0.29) is 0 Å². The van der Waals surface area contributed by atoms with Gasteiger partial charge in [-0.3, -0.25) is 4.79 Å². The second-order valence-electron chi connectivity index (χ2n) is 8.82. The number of rotatable bonds is 22. The van der Waals surface area contributed by atoms with Gasteiger partial charge >= 0.3 is 5.97 Å². The largest absolute Gasteiger partial charge is 0.481 e. The van der Waals surface area contributed by atoms with Crippen molar-refractivity contribution in [3.63, 3.8) is 0 Å². The zero-order valence-corrected chi connectivity index (χ0v) is 19.2. The monoisotopic (exact) mass is 394 g/mol. The molecule has 1 atom stereocenters. The fraction of sp³-hybridized carbons (Fsp3) is 0.885. The highest BCUT2D eigenvalue weighted by atomic mass is 16.4. The minimum absolute atomic E-state index is 0.294. The van der Waals surface area contributed by atoms with E-state index in [4.69, 9.17) is 5.11 Å². The molecule has 0 aromatic rings. The van der Waals surface area contributed by atoms with Crippen LogP contribution in [0.25, 0.3) is 0 Å². The lowest BCUT2D eigenvalue weighted by atomic mass is 9.96. The van der Waals surface area contributed by atoms with Crippen LogP contribution in [0.15, 0.2) is 12.2 Å². The zero-order valence-electron chi connectivity index (χ0n) is 19.2. The van der Waals surface area contributed by atoms with E-state index in [2.05, 4.69) is 26.0 Å². The maximum Gasteiger partial charge on any atom is 0.303 e. The Labute approximate surface area is 176 Å². The van der Waals surface area contributed by atoms with Gasteiger partial charge in [0.2, 0.25) is 0 Å². The molecule has 0 heterocycles. The average molecular weight is 395 g/mol. The Morgan fingerprint density at radius 2 is 1.11 bits per heavy atom. The minimum Gasteiger partial charge on any atom is -0.481 e. The highest BCUT2D eigenvalue weighted by molar-refractivity contribution is 5.66. The number of carbonyl (C=O) groups is 1. The van der Waals surface area contributed by atoms with Crippen LogP contribution < -0.4 is 0 Å². The van der Waals surface area contributed by atoms with Crippen LogP contribution in [-0.2, 0) is 4.79 Å².